The van der Waals surface area contributed by atoms with Gasteiger partial charge >= 0.3 is 0 Å². The molecule has 1 aromatic heterocycles. The lowest BCUT2D eigenvalue weighted by atomic mass is 10.1. The van der Waals surface area contributed by atoms with Gasteiger partial charge in [-0.2, -0.15) is 0 Å². The Bertz CT molecular complexity index is 745. The smallest absolute Gasteiger partial charge is 0.255 e. The number of carbonyl (C=O) groups excluding carboxylic acids is 2. The van der Waals surface area contributed by atoms with Gasteiger partial charge in [0.15, 0.2) is 9.84 Å². The highest BCUT2D eigenvalue weighted by Crippen LogP contribution is 2.20. The molecule has 2 heterocycles. The minimum atomic E-state index is -3.08. The van der Waals surface area contributed by atoms with Gasteiger partial charge < -0.3 is 10.2 Å². The lowest BCUT2D eigenvalue weighted by Crippen LogP contribution is -2.41. The average molecular weight is 351 g/mol. The van der Waals surface area contributed by atoms with Crippen molar-refractivity contribution in [3.05, 3.63) is 42.2 Å². The molecule has 1 saturated heterocycles. The van der Waals surface area contributed by atoms with Crippen LogP contribution in [0.4, 0.5) is 0 Å². The van der Waals surface area contributed by atoms with Gasteiger partial charge in [-0.3, -0.25) is 14.6 Å². The fourth-order valence-corrected chi connectivity index (χ4v) is 4.43. The summed E-state index contributed by atoms with van der Waals surface area (Å²) in [6.45, 7) is 6.04. The first kappa shape index (κ1) is 18.1. The van der Waals surface area contributed by atoms with Gasteiger partial charge in [0.25, 0.3) is 11.8 Å². The van der Waals surface area contributed by atoms with Crippen LogP contribution in [0.2, 0.25) is 0 Å². The quantitative estimate of drug-likeness (QED) is 0.759. The molecule has 1 aromatic rings. The molecule has 1 unspecified atom stereocenters. The molecule has 0 aliphatic carbocycles. The van der Waals surface area contributed by atoms with Crippen molar-refractivity contribution in [3.8, 4) is 0 Å². The standard InChI is InChI=1S/C16H21N3O4S/c1-3-6-18-15(20)12-8-13(10-17-9-12)16(21)19(4-2)14-5-7-24(22,23)11-14/h3,8-10,14H,1,4-7,11H2,2H3,(H,18,20). The van der Waals surface area contributed by atoms with E-state index in [0.29, 0.717) is 19.5 Å². The van der Waals surface area contributed by atoms with Gasteiger partial charge in [0.1, 0.15) is 0 Å². The molecule has 1 atom stereocenters. The Morgan fingerprint density at radius 3 is 2.71 bits per heavy atom. The molecule has 0 bridgehead atoms. The summed E-state index contributed by atoms with van der Waals surface area (Å²) in [5.74, 6) is -0.572. The van der Waals surface area contributed by atoms with Gasteiger partial charge in [0, 0.05) is 31.5 Å². The van der Waals surface area contributed by atoms with E-state index in [1.54, 1.807) is 13.0 Å². The lowest BCUT2D eigenvalue weighted by molar-refractivity contribution is 0.0708. The van der Waals surface area contributed by atoms with Crippen LogP contribution in [0.25, 0.3) is 0 Å². The summed E-state index contributed by atoms with van der Waals surface area (Å²) >= 11 is 0. The van der Waals surface area contributed by atoms with E-state index in [2.05, 4.69) is 16.9 Å². The van der Waals surface area contributed by atoms with E-state index >= 15 is 0 Å². The molecule has 130 valence electrons. The molecular weight excluding hydrogens is 330 g/mol. The topological polar surface area (TPSA) is 96.4 Å². The molecule has 8 heteroatoms. The van der Waals surface area contributed by atoms with Crippen molar-refractivity contribution >= 4 is 21.7 Å². The molecule has 24 heavy (non-hydrogen) atoms. The molecule has 7 nitrogen and oxygen atoms in total. The first-order valence-corrected chi connectivity index (χ1v) is 9.55. The second-order valence-electron chi connectivity index (χ2n) is 5.61. The molecule has 1 aliphatic heterocycles. The summed E-state index contributed by atoms with van der Waals surface area (Å²) < 4.78 is 23.3. The van der Waals surface area contributed by atoms with Crippen LogP contribution in [0.3, 0.4) is 0 Å². The Morgan fingerprint density at radius 2 is 2.12 bits per heavy atom. The maximum absolute atomic E-state index is 12.7. The molecular formula is C16H21N3O4S. The van der Waals surface area contributed by atoms with E-state index < -0.39 is 9.84 Å². The maximum Gasteiger partial charge on any atom is 0.255 e. The summed E-state index contributed by atoms with van der Waals surface area (Å²) in [5, 5.41) is 2.62. The predicted octanol–water partition coefficient (Wildman–Crippen LogP) is 0.647. The van der Waals surface area contributed by atoms with Crippen molar-refractivity contribution in [2.75, 3.05) is 24.6 Å². The zero-order chi connectivity index (χ0) is 17.7. The van der Waals surface area contributed by atoms with E-state index in [-0.39, 0.29) is 40.5 Å². The van der Waals surface area contributed by atoms with Crippen LogP contribution in [-0.4, -0.2) is 60.8 Å². The van der Waals surface area contributed by atoms with Gasteiger partial charge in [-0.1, -0.05) is 6.08 Å². The minimum Gasteiger partial charge on any atom is -0.349 e. The van der Waals surface area contributed by atoms with Crippen LogP contribution in [0.1, 0.15) is 34.1 Å². The Balaban J connectivity index is 2.19. The number of rotatable bonds is 6. The predicted molar refractivity (Wildman–Crippen MR) is 90.5 cm³/mol. The molecule has 2 rings (SSSR count). The Hall–Kier alpha value is -2.22. The van der Waals surface area contributed by atoms with E-state index in [0.717, 1.165) is 0 Å². The summed E-state index contributed by atoms with van der Waals surface area (Å²) in [4.78, 5) is 30.2. The zero-order valence-electron chi connectivity index (χ0n) is 13.6. The van der Waals surface area contributed by atoms with Gasteiger partial charge in [0.05, 0.1) is 22.6 Å². The van der Waals surface area contributed by atoms with Crippen LogP contribution < -0.4 is 5.32 Å². The van der Waals surface area contributed by atoms with Crippen LogP contribution in [-0.2, 0) is 9.84 Å². The number of aromatic nitrogens is 1. The molecule has 0 saturated carbocycles. The van der Waals surface area contributed by atoms with E-state index in [1.807, 2.05) is 0 Å². The third-order valence-corrected chi connectivity index (χ3v) is 5.66. The first-order valence-electron chi connectivity index (χ1n) is 7.73. The molecule has 0 aromatic carbocycles. The SMILES string of the molecule is C=CCNC(=O)c1cncc(C(=O)N(CC)C2CCS(=O)(=O)C2)c1. The minimum absolute atomic E-state index is 0.0144. The van der Waals surface area contributed by atoms with Crippen molar-refractivity contribution in [1.29, 1.82) is 0 Å². The molecule has 1 fully saturated rings. The number of hydrogen-bond donors (Lipinski definition) is 1. The fourth-order valence-electron chi connectivity index (χ4n) is 2.70. The largest absolute Gasteiger partial charge is 0.349 e. The summed E-state index contributed by atoms with van der Waals surface area (Å²) in [7, 11) is -3.08. The van der Waals surface area contributed by atoms with Crippen LogP contribution >= 0.6 is 0 Å². The van der Waals surface area contributed by atoms with Crippen molar-refractivity contribution in [2.45, 2.75) is 19.4 Å². The van der Waals surface area contributed by atoms with Crippen LogP contribution in [0.15, 0.2) is 31.1 Å². The van der Waals surface area contributed by atoms with Crippen molar-refractivity contribution in [1.82, 2.24) is 15.2 Å². The van der Waals surface area contributed by atoms with Gasteiger partial charge in [-0.25, -0.2) is 8.42 Å². The Kier molecular flexibility index (Phi) is 5.71. The van der Waals surface area contributed by atoms with Gasteiger partial charge in [0.2, 0.25) is 0 Å². The highest BCUT2D eigenvalue weighted by molar-refractivity contribution is 7.91. The van der Waals surface area contributed by atoms with Crippen molar-refractivity contribution < 1.29 is 18.0 Å². The molecule has 0 spiro atoms. The van der Waals surface area contributed by atoms with Crippen LogP contribution in [0.5, 0.6) is 0 Å². The number of nitrogens with one attached hydrogen (secondary N) is 1. The summed E-state index contributed by atoms with van der Waals surface area (Å²) in [6.07, 6.45) is 4.76. The number of pyridine rings is 1. The number of nitrogens with zero attached hydrogens (tertiary/aromatic N) is 2. The number of sulfone groups is 1. The van der Waals surface area contributed by atoms with Gasteiger partial charge in [-0.05, 0) is 19.4 Å². The highest BCUT2D eigenvalue weighted by Gasteiger charge is 2.34. The average Bonchev–Trinajstić information content (AvgIpc) is 2.93. The van der Waals surface area contributed by atoms with E-state index in [4.69, 9.17) is 0 Å². The zero-order valence-corrected chi connectivity index (χ0v) is 14.4. The number of hydrogen-bond acceptors (Lipinski definition) is 5. The summed E-state index contributed by atoms with van der Waals surface area (Å²) in [6, 6.07) is 1.14. The first-order chi connectivity index (χ1) is 11.4. The fraction of sp³-hybridized carbons (Fsp3) is 0.438. The summed E-state index contributed by atoms with van der Waals surface area (Å²) in [5.41, 5.74) is 0.546. The third-order valence-electron chi connectivity index (χ3n) is 3.91. The van der Waals surface area contributed by atoms with Crippen molar-refractivity contribution in [3.63, 3.8) is 0 Å². The molecule has 2 amide bonds. The molecule has 1 N–H and O–H groups in total. The second-order valence-corrected chi connectivity index (χ2v) is 7.84. The highest BCUT2D eigenvalue weighted by atomic mass is 32.2. The van der Waals surface area contributed by atoms with E-state index in [9.17, 15) is 18.0 Å². The third kappa shape index (κ3) is 4.19. The maximum atomic E-state index is 12.7. The monoisotopic (exact) mass is 351 g/mol. The van der Waals surface area contributed by atoms with E-state index in [1.165, 1.54) is 23.4 Å². The second kappa shape index (κ2) is 7.57. The Labute approximate surface area is 141 Å². The number of carbonyl (C=O) groups is 2. The normalized spacial score (nSPS) is 18.8. The van der Waals surface area contributed by atoms with Crippen molar-refractivity contribution in [2.24, 2.45) is 0 Å². The lowest BCUT2D eigenvalue weighted by Gasteiger charge is -2.26. The number of amides is 2. The Morgan fingerprint density at radius 1 is 1.42 bits per heavy atom. The van der Waals surface area contributed by atoms with Crippen LogP contribution in [0, 0.1) is 0 Å². The molecule has 0 radical (unpaired) electrons. The molecule has 1 aliphatic rings. The van der Waals surface area contributed by atoms with Gasteiger partial charge in [-0.15, -0.1) is 6.58 Å².